The van der Waals surface area contributed by atoms with Crippen LogP contribution in [0.1, 0.15) is 12.5 Å². The summed E-state index contributed by atoms with van der Waals surface area (Å²) >= 11 is 0. The molecule has 0 radical (unpaired) electrons. The van der Waals surface area contributed by atoms with E-state index < -0.39 is 5.82 Å². The Morgan fingerprint density at radius 2 is 2.00 bits per heavy atom. The second-order valence-electron chi connectivity index (χ2n) is 4.13. The second-order valence-corrected chi connectivity index (χ2v) is 4.13. The highest BCUT2D eigenvalue weighted by Crippen LogP contribution is 2.27. The highest BCUT2D eigenvalue weighted by atomic mass is 19.1. The van der Waals surface area contributed by atoms with Crippen molar-refractivity contribution in [3.05, 3.63) is 35.9 Å². The zero-order valence-electron chi connectivity index (χ0n) is 11.7. The number of nitrogens with one attached hydrogen (secondary N) is 2. The van der Waals surface area contributed by atoms with Crippen molar-refractivity contribution in [2.24, 2.45) is 0 Å². The Morgan fingerprint density at radius 1 is 1.25 bits per heavy atom. The van der Waals surface area contributed by atoms with E-state index in [2.05, 4.69) is 20.6 Å². The van der Waals surface area contributed by atoms with Crippen LogP contribution in [-0.2, 0) is 6.42 Å². The van der Waals surface area contributed by atoms with E-state index in [0.717, 1.165) is 17.8 Å². The summed E-state index contributed by atoms with van der Waals surface area (Å²) in [6.07, 6.45) is 2.26. The second kappa shape index (κ2) is 6.18. The van der Waals surface area contributed by atoms with Gasteiger partial charge in [-0.05, 0) is 18.6 Å². The Hall–Kier alpha value is -2.37. The van der Waals surface area contributed by atoms with Crippen molar-refractivity contribution >= 4 is 17.3 Å². The topological polar surface area (TPSA) is 59.1 Å². The van der Waals surface area contributed by atoms with Crippen LogP contribution in [0.5, 0.6) is 5.75 Å². The van der Waals surface area contributed by atoms with Gasteiger partial charge in [-0.25, -0.2) is 14.4 Å². The SMILES string of the molecule is CCc1c(NC)ncnc1Nc1ccc(F)c(OC)c1. The summed E-state index contributed by atoms with van der Waals surface area (Å²) in [5, 5.41) is 6.19. The summed E-state index contributed by atoms with van der Waals surface area (Å²) in [5.74, 6) is 1.27. The van der Waals surface area contributed by atoms with E-state index in [0.29, 0.717) is 11.5 Å². The van der Waals surface area contributed by atoms with Crippen molar-refractivity contribution in [1.29, 1.82) is 0 Å². The maximum Gasteiger partial charge on any atom is 0.165 e. The third-order valence-electron chi connectivity index (χ3n) is 2.95. The molecular formula is C14H17FN4O. The summed E-state index contributed by atoms with van der Waals surface area (Å²) < 4.78 is 18.3. The van der Waals surface area contributed by atoms with Crippen LogP contribution in [0, 0.1) is 5.82 Å². The molecule has 20 heavy (non-hydrogen) atoms. The molecule has 0 saturated heterocycles. The highest BCUT2D eigenvalue weighted by molar-refractivity contribution is 5.65. The van der Waals surface area contributed by atoms with Crippen LogP contribution in [0.3, 0.4) is 0 Å². The molecule has 2 aromatic rings. The van der Waals surface area contributed by atoms with Gasteiger partial charge in [0.15, 0.2) is 11.6 Å². The Kier molecular flexibility index (Phi) is 4.34. The van der Waals surface area contributed by atoms with E-state index in [1.54, 1.807) is 12.1 Å². The molecule has 6 heteroatoms. The summed E-state index contributed by atoms with van der Waals surface area (Å²) in [7, 11) is 3.25. The van der Waals surface area contributed by atoms with Crippen molar-refractivity contribution in [2.45, 2.75) is 13.3 Å². The lowest BCUT2D eigenvalue weighted by molar-refractivity contribution is 0.387. The number of hydrogen-bond acceptors (Lipinski definition) is 5. The Balaban J connectivity index is 2.34. The first-order valence-electron chi connectivity index (χ1n) is 6.31. The predicted octanol–water partition coefficient (Wildman–Crippen LogP) is 2.97. The van der Waals surface area contributed by atoms with Crippen LogP contribution < -0.4 is 15.4 Å². The van der Waals surface area contributed by atoms with Gasteiger partial charge in [0, 0.05) is 24.4 Å². The Labute approximate surface area is 117 Å². The van der Waals surface area contributed by atoms with Gasteiger partial charge < -0.3 is 15.4 Å². The number of aromatic nitrogens is 2. The minimum Gasteiger partial charge on any atom is -0.494 e. The molecule has 0 amide bonds. The number of anilines is 3. The molecule has 0 fully saturated rings. The third kappa shape index (κ3) is 2.79. The number of nitrogens with zero attached hydrogens (tertiary/aromatic N) is 2. The number of halogens is 1. The highest BCUT2D eigenvalue weighted by Gasteiger charge is 2.10. The molecule has 5 nitrogen and oxygen atoms in total. The van der Waals surface area contributed by atoms with E-state index in [-0.39, 0.29) is 5.75 Å². The van der Waals surface area contributed by atoms with Gasteiger partial charge in [0.05, 0.1) is 7.11 Å². The average Bonchev–Trinajstić information content (AvgIpc) is 2.48. The Morgan fingerprint density at radius 3 is 2.65 bits per heavy atom. The minimum absolute atomic E-state index is 0.191. The lowest BCUT2D eigenvalue weighted by Gasteiger charge is -2.13. The van der Waals surface area contributed by atoms with E-state index in [4.69, 9.17) is 4.74 Å². The van der Waals surface area contributed by atoms with Gasteiger partial charge in [-0.3, -0.25) is 0 Å². The molecule has 1 aromatic heterocycles. The molecule has 1 aromatic carbocycles. The first kappa shape index (κ1) is 14.0. The molecule has 0 aliphatic carbocycles. The lowest BCUT2D eigenvalue weighted by Crippen LogP contribution is -2.05. The van der Waals surface area contributed by atoms with E-state index >= 15 is 0 Å². The zero-order chi connectivity index (χ0) is 14.5. The van der Waals surface area contributed by atoms with Crippen LogP contribution >= 0.6 is 0 Å². The molecule has 0 unspecified atom stereocenters. The summed E-state index contributed by atoms with van der Waals surface area (Å²) in [5.41, 5.74) is 1.68. The van der Waals surface area contributed by atoms with Crippen LogP contribution in [0.15, 0.2) is 24.5 Å². The standard InChI is InChI=1S/C14H17FN4O/c1-4-10-13(16-2)17-8-18-14(10)19-9-5-6-11(15)12(7-9)20-3/h5-8H,4H2,1-3H3,(H2,16,17,18,19). The fourth-order valence-corrected chi connectivity index (χ4v) is 1.94. The van der Waals surface area contributed by atoms with E-state index in [9.17, 15) is 4.39 Å². The van der Waals surface area contributed by atoms with Crippen molar-refractivity contribution in [1.82, 2.24) is 9.97 Å². The van der Waals surface area contributed by atoms with Crippen LogP contribution in [0.2, 0.25) is 0 Å². The molecule has 106 valence electrons. The van der Waals surface area contributed by atoms with Crippen LogP contribution in [0.25, 0.3) is 0 Å². The molecule has 0 bridgehead atoms. The fraction of sp³-hybridized carbons (Fsp3) is 0.286. The quantitative estimate of drug-likeness (QED) is 0.879. The number of hydrogen-bond donors (Lipinski definition) is 2. The van der Waals surface area contributed by atoms with E-state index in [1.165, 1.54) is 19.5 Å². The molecule has 2 N–H and O–H groups in total. The molecule has 0 saturated carbocycles. The molecule has 2 rings (SSSR count). The lowest BCUT2D eigenvalue weighted by atomic mass is 10.2. The van der Waals surface area contributed by atoms with Gasteiger partial charge in [-0.1, -0.05) is 6.92 Å². The maximum absolute atomic E-state index is 13.4. The Bertz CT molecular complexity index is 604. The molecule has 1 heterocycles. The largest absolute Gasteiger partial charge is 0.494 e. The maximum atomic E-state index is 13.4. The molecule has 0 aliphatic heterocycles. The third-order valence-corrected chi connectivity index (χ3v) is 2.95. The molecular weight excluding hydrogens is 259 g/mol. The normalized spacial score (nSPS) is 10.2. The number of ether oxygens (including phenoxy) is 1. The van der Waals surface area contributed by atoms with Crippen LogP contribution in [0.4, 0.5) is 21.7 Å². The first-order chi connectivity index (χ1) is 9.69. The van der Waals surface area contributed by atoms with Crippen molar-refractivity contribution in [2.75, 3.05) is 24.8 Å². The predicted molar refractivity (Wildman–Crippen MR) is 77.2 cm³/mol. The van der Waals surface area contributed by atoms with Crippen molar-refractivity contribution < 1.29 is 9.13 Å². The van der Waals surface area contributed by atoms with Gasteiger partial charge in [0.2, 0.25) is 0 Å². The average molecular weight is 276 g/mol. The van der Waals surface area contributed by atoms with Gasteiger partial charge in [0.25, 0.3) is 0 Å². The van der Waals surface area contributed by atoms with Crippen molar-refractivity contribution in [3.63, 3.8) is 0 Å². The summed E-state index contributed by atoms with van der Waals surface area (Å²) in [6, 6.07) is 4.58. The van der Waals surface area contributed by atoms with Gasteiger partial charge in [-0.15, -0.1) is 0 Å². The molecule has 0 spiro atoms. The molecule has 0 atom stereocenters. The summed E-state index contributed by atoms with van der Waals surface area (Å²) in [4.78, 5) is 8.41. The van der Waals surface area contributed by atoms with Crippen LogP contribution in [-0.4, -0.2) is 24.1 Å². The van der Waals surface area contributed by atoms with Crippen molar-refractivity contribution in [3.8, 4) is 5.75 Å². The number of benzene rings is 1. The smallest absolute Gasteiger partial charge is 0.165 e. The number of rotatable bonds is 5. The van der Waals surface area contributed by atoms with Gasteiger partial charge in [0.1, 0.15) is 18.0 Å². The molecule has 0 aliphatic rings. The minimum atomic E-state index is -0.396. The van der Waals surface area contributed by atoms with Gasteiger partial charge in [-0.2, -0.15) is 0 Å². The van der Waals surface area contributed by atoms with E-state index in [1.807, 2.05) is 14.0 Å². The fourth-order valence-electron chi connectivity index (χ4n) is 1.94. The summed E-state index contributed by atoms with van der Waals surface area (Å²) in [6.45, 7) is 2.02. The zero-order valence-corrected chi connectivity index (χ0v) is 11.7. The monoisotopic (exact) mass is 276 g/mol. The first-order valence-corrected chi connectivity index (χ1v) is 6.31. The van der Waals surface area contributed by atoms with Gasteiger partial charge >= 0.3 is 0 Å². The number of methoxy groups -OCH3 is 1.